The van der Waals surface area contributed by atoms with Crippen LogP contribution in [-0.2, 0) is 23.7 Å². The van der Waals surface area contributed by atoms with Gasteiger partial charge in [0.05, 0.1) is 19.5 Å². The predicted molar refractivity (Wildman–Crippen MR) is 58.7 cm³/mol. The zero-order valence-electron chi connectivity index (χ0n) is 9.52. The van der Waals surface area contributed by atoms with Gasteiger partial charge in [-0.3, -0.25) is 0 Å². The number of esters is 1. The molecule has 0 saturated heterocycles. The zero-order valence-corrected chi connectivity index (χ0v) is 9.52. The fourth-order valence-electron chi connectivity index (χ4n) is 0.809. The summed E-state index contributed by atoms with van der Waals surface area (Å²) in [6, 6.07) is 0. The van der Waals surface area contributed by atoms with Crippen LogP contribution < -0.4 is 0 Å². The van der Waals surface area contributed by atoms with E-state index in [0.717, 1.165) is 6.08 Å². The van der Waals surface area contributed by atoms with E-state index in [1.807, 2.05) is 0 Å². The molecule has 0 aromatic carbocycles. The lowest BCUT2D eigenvalue weighted by molar-refractivity contribution is -0.155. The van der Waals surface area contributed by atoms with Crippen LogP contribution in [0.2, 0.25) is 0 Å². The number of rotatable bonds is 10. The van der Waals surface area contributed by atoms with Crippen molar-refractivity contribution in [1.82, 2.24) is 0 Å². The summed E-state index contributed by atoms with van der Waals surface area (Å²) < 4.78 is 20.0. The van der Waals surface area contributed by atoms with Crippen molar-refractivity contribution in [2.75, 3.05) is 26.4 Å². The molecule has 16 heavy (non-hydrogen) atoms. The van der Waals surface area contributed by atoms with Crippen molar-refractivity contribution in [3.8, 4) is 0 Å². The molecule has 0 N–H and O–H groups in total. The Morgan fingerprint density at radius 1 is 1.19 bits per heavy atom. The first-order valence-electron chi connectivity index (χ1n) is 4.95. The first-order valence-corrected chi connectivity index (χ1v) is 4.95. The molecule has 0 rings (SSSR count). The first-order chi connectivity index (χ1) is 7.70. The molecule has 0 spiro atoms. The molecule has 0 heterocycles. The van der Waals surface area contributed by atoms with E-state index < -0.39 is 5.97 Å². The number of hydrogen-bond acceptors (Lipinski definition) is 5. The van der Waals surface area contributed by atoms with Gasteiger partial charge < -0.3 is 18.9 Å². The number of carbonyl (C=O) groups excluding carboxylic acids is 1. The van der Waals surface area contributed by atoms with Crippen molar-refractivity contribution in [3.05, 3.63) is 25.5 Å². The lowest BCUT2D eigenvalue weighted by atomic mass is 10.6. The summed E-state index contributed by atoms with van der Waals surface area (Å²) in [5.74, 6) is -0.462. The summed E-state index contributed by atoms with van der Waals surface area (Å²) in [5.41, 5.74) is 0. The second-order valence-corrected chi connectivity index (χ2v) is 2.72. The van der Waals surface area contributed by atoms with Gasteiger partial charge in [-0.25, -0.2) is 4.79 Å². The second-order valence-electron chi connectivity index (χ2n) is 2.72. The third-order valence-corrected chi connectivity index (χ3v) is 1.52. The predicted octanol–water partition coefficient (Wildman–Crippen LogP) is 1.25. The van der Waals surface area contributed by atoms with Crippen LogP contribution in [0, 0.1) is 0 Å². The molecule has 1 unspecified atom stereocenters. The summed E-state index contributed by atoms with van der Waals surface area (Å²) in [5, 5.41) is 0. The van der Waals surface area contributed by atoms with E-state index in [-0.39, 0.29) is 19.5 Å². The van der Waals surface area contributed by atoms with E-state index in [0.29, 0.717) is 13.2 Å². The third-order valence-electron chi connectivity index (χ3n) is 1.52. The Morgan fingerprint density at radius 2 is 1.81 bits per heavy atom. The van der Waals surface area contributed by atoms with Gasteiger partial charge in [0.1, 0.15) is 13.2 Å². The van der Waals surface area contributed by atoms with Crippen LogP contribution in [0.5, 0.6) is 0 Å². The standard InChI is InChI=1S/C11H18O5/c1-4-11(12)16-9-8-15-10(3)14-7-6-13-5-2/h4-5,10H,1-2,6-9H2,3H3. The molecular formula is C11H18O5. The quantitative estimate of drug-likeness (QED) is 0.186. The highest BCUT2D eigenvalue weighted by molar-refractivity contribution is 5.81. The Balaban J connectivity index is 3.29. The van der Waals surface area contributed by atoms with Crippen LogP contribution in [0.3, 0.4) is 0 Å². The molecule has 0 aromatic heterocycles. The smallest absolute Gasteiger partial charge is 0.330 e. The summed E-state index contributed by atoms with van der Waals surface area (Å²) in [7, 11) is 0. The van der Waals surface area contributed by atoms with E-state index in [4.69, 9.17) is 18.9 Å². The minimum Gasteiger partial charge on any atom is -0.499 e. The topological polar surface area (TPSA) is 54.0 Å². The van der Waals surface area contributed by atoms with Gasteiger partial charge >= 0.3 is 5.97 Å². The fraction of sp³-hybridized carbons (Fsp3) is 0.545. The van der Waals surface area contributed by atoms with Crippen molar-refractivity contribution >= 4 is 5.97 Å². The van der Waals surface area contributed by atoms with E-state index in [2.05, 4.69) is 13.2 Å². The maximum Gasteiger partial charge on any atom is 0.330 e. The zero-order chi connectivity index (χ0) is 12.2. The first kappa shape index (κ1) is 14.7. The van der Waals surface area contributed by atoms with Crippen LogP contribution in [-0.4, -0.2) is 38.7 Å². The molecule has 0 bridgehead atoms. The Kier molecular flexibility index (Phi) is 9.35. The van der Waals surface area contributed by atoms with E-state index in [9.17, 15) is 4.79 Å². The largest absolute Gasteiger partial charge is 0.499 e. The molecule has 0 aliphatic carbocycles. The van der Waals surface area contributed by atoms with Crippen LogP contribution in [0.25, 0.3) is 0 Å². The van der Waals surface area contributed by atoms with Gasteiger partial charge in [0.2, 0.25) is 0 Å². The molecule has 1 atom stereocenters. The van der Waals surface area contributed by atoms with E-state index in [1.54, 1.807) is 6.92 Å². The number of ether oxygens (including phenoxy) is 4. The SMILES string of the molecule is C=COCCOC(C)OCCOC(=O)C=C. The maximum atomic E-state index is 10.6. The molecule has 92 valence electrons. The number of hydrogen-bond donors (Lipinski definition) is 0. The number of carbonyl (C=O) groups is 1. The Labute approximate surface area is 95.6 Å². The van der Waals surface area contributed by atoms with Crippen LogP contribution >= 0.6 is 0 Å². The summed E-state index contributed by atoms with van der Waals surface area (Å²) in [6.45, 7) is 9.73. The highest BCUT2D eigenvalue weighted by atomic mass is 16.7. The van der Waals surface area contributed by atoms with Gasteiger partial charge in [0.25, 0.3) is 0 Å². The van der Waals surface area contributed by atoms with Crippen molar-refractivity contribution in [2.45, 2.75) is 13.2 Å². The minimum absolute atomic E-state index is 0.182. The molecule has 5 heteroatoms. The summed E-state index contributed by atoms with van der Waals surface area (Å²) >= 11 is 0. The van der Waals surface area contributed by atoms with Gasteiger partial charge in [0, 0.05) is 6.08 Å². The molecular weight excluding hydrogens is 212 g/mol. The summed E-state index contributed by atoms with van der Waals surface area (Å²) in [6.07, 6.45) is 2.09. The minimum atomic E-state index is -0.462. The molecule has 0 fully saturated rings. The van der Waals surface area contributed by atoms with Crippen LogP contribution in [0.1, 0.15) is 6.92 Å². The molecule has 5 nitrogen and oxygen atoms in total. The Hall–Kier alpha value is -1.33. The van der Waals surface area contributed by atoms with Crippen LogP contribution in [0.4, 0.5) is 0 Å². The van der Waals surface area contributed by atoms with Gasteiger partial charge in [-0.15, -0.1) is 0 Å². The average Bonchev–Trinajstić information content (AvgIpc) is 2.30. The van der Waals surface area contributed by atoms with Gasteiger partial charge in [0.15, 0.2) is 6.29 Å². The van der Waals surface area contributed by atoms with E-state index >= 15 is 0 Å². The van der Waals surface area contributed by atoms with Crippen molar-refractivity contribution in [2.24, 2.45) is 0 Å². The highest BCUT2D eigenvalue weighted by Gasteiger charge is 2.02. The summed E-state index contributed by atoms with van der Waals surface area (Å²) in [4.78, 5) is 10.6. The lowest BCUT2D eigenvalue weighted by Gasteiger charge is -2.13. The average molecular weight is 230 g/mol. The normalized spacial score (nSPS) is 11.6. The lowest BCUT2D eigenvalue weighted by Crippen LogP contribution is -2.19. The van der Waals surface area contributed by atoms with Crippen LogP contribution in [0.15, 0.2) is 25.5 Å². The van der Waals surface area contributed by atoms with Gasteiger partial charge in [-0.2, -0.15) is 0 Å². The van der Waals surface area contributed by atoms with Crippen molar-refractivity contribution < 1.29 is 23.7 Å². The Bertz CT molecular complexity index is 214. The second kappa shape index (κ2) is 10.2. The van der Waals surface area contributed by atoms with Crippen molar-refractivity contribution in [1.29, 1.82) is 0 Å². The maximum absolute atomic E-state index is 10.6. The van der Waals surface area contributed by atoms with Crippen molar-refractivity contribution in [3.63, 3.8) is 0 Å². The van der Waals surface area contributed by atoms with Gasteiger partial charge in [-0.05, 0) is 6.92 Å². The Morgan fingerprint density at radius 3 is 2.38 bits per heavy atom. The molecule has 0 amide bonds. The molecule has 0 saturated carbocycles. The highest BCUT2D eigenvalue weighted by Crippen LogP contribution is 1.94. The molecule has 0 aliphatic heterocycles. The van der Waals surface area contributed by atoms with Gasteiger partial charge in [-0.1, -0.05) is 13.2 Å². The molecule has 0 radical (unpaired) electrons. The molecule has 0 aromatic rings. The fourth-order valence-corrected chi connectivity index (χ4v) is 0.809. The molecule has 0 aliphatic rings. The van der Waals surface area contributed by atoms with E-state index in [1.165, 1.54) is 6.26 Å². The third kappa shape index (κ3) is 9.23. The monoisotopic (exact) mass is 230 g/mol.